The molecule has 0 aromatic carbocycles. The van der Waals surface area contributed by atoms with E-state index in [4.69, 9.17) is 0 Å². The average Bonchev–Trinajstić information content (AvgIpc) is 2.43. The SMILES string of the molecule is CCCCCCCCCCC/C=C\CCCCC(C)=O. The zero-order chi connectivity index (χ0) is 14.9. The first-order valence-electron chi connectivity index (χ1n) is 8.91. The van der Waals surface area contributed by atoms with Gasteiger partial charge >= 0.3 is 0 Å². The van der Waals surface area contributed by atoms with Gasteiger partial charge in [-0.2, -0.15) is 0 Å². The molecule has 0 aliphatic carbocycles. The van der Waals surface area contributed by atoms with Crippen molar-refractivity contribution < 1.29 is 4.79 Å². The van der Waals surface area contributed by atoms with Crippen LogP contribution in [0.3, 0.4) is 0 Å². The molecule has 0 saturated carbocycles. The third-order valence-electron chi connectivity index (χ3n) is 3.79. The van der Waals surface area contributed by atoms with E-state index < -0.39 is 0 Å². The molecule has 0 unspecified atom stereocenters. The summed E-state index contributed by atoms with van der Waals surface area (Å²) in [5.41, 5.74) is 0. The van der Waals surface area contributed by atoms with Crippen LogP contribution in [0.1, 0.15) is 104 Å². The standard InChI is InChI=1S/C19H36O/c1-3-4-5-6-7-8-9-10-11-12-13-14-15-16-17-18-19(2)20/h13-14H,3-12,15-18H2,1-2H3/b14-13-. The van der Waals surface area contributed by atoms with Crippen molar-refractivity contribution >= 4 is 5.78 Å². The summed E-state index contributed by atoms with van der Waals surface area (Å²) in [6.07, 6.45) is 22.6. The van der Waals surface area contributed by atoms with Gasteiger partial charge in [0.1, 0.15) is 5.78 Å². The number of Topliss-reactive ketones (excluding diaryl/α,β-unsaturated/α-hetero) is 1. The predicted molar refractivity (Wildman–Crippen MR) is 90.1 cm³/mol. The van der Waals surface area contributed by atoms with Crippen LogP contribution >= 0.6 is 0 Å². The molecule has 0 saturated heterocycles. The minimum atomic E-state index is 0.323. The van der Waals surface area contributed by atoms with E-state index >= 15 is 0 Å². The lowest BCUT2D eigenvalue weighted by Gasteiger charge is -2.00. The lowest BCUT2D eigenvalue weighted by molar-refractivity contribution is -0.117. The fourth-order valence-electron chi connectivity index (χ4n) is 2.44. The van der Waals surface area contributed by atoms with Crippen molar-refractivity contribution in [1.29, 1.82) is 0 Å². The number of carbonyl (C=O) groups is 1. The summed E-state index contributed by atoms with van der Waals surface area (Å²) in [5.74, 6) is 0.323. The van der Waals surface area contributed by atoms with E-state index in [0.717, 1.165) is 25.7 Å². The molecule has 0 heterocycles. The molecule has 0 bridgehead atoms. The zero-order valence-electron chi connectivity index (χ0n) is 14.0. The minimum absolute atomic E-state index is 0.323. The molecule has 118 valence electrons. The number of ketones is 1. The number of carbonyl (C=O) groups excluding carboxylic acids is 1. The first-order chi connectivity index (χ1) is 9.77. The number of rotatable bonds is 15. The van der Waals surface area contributed by atoms with Crippen molar-refractivity contribution in [3.63, 3.8) is 0 Å². The fourth-order valence-corrected chi connectivity index (χ4v) is 2.44. The predicted octanol–water partition coefficient (Wildman–Crippen LogP) is 6.61. The van der Waals surface area contributed by atoms with Crippen LogP contribution < -0.4 is 0 Å². The van der Waals surface area contributed by atoms with E-state index in [1.807, 2.05) is 0 Å². The molecule has 1 heteroatoms. The summed E-state index contributed by atoms with van der Waals surface area (Å²) in [7, 11) is 0. The third kappa shape index (κ3) is 17.4. The van der Waals surface area contributed by atoms with Crippen molar-refractivity contribution in [2.24, 2.45) is 0 Å². The normalized spacial score (nSPS) is 11.3. The highest BCUT2D eigenvalue weighted by Crippen LogP contribution is 2.11. The van der Waals surface area contributed by atoms with Crippen LogP contribution in [-0.4, -0.2) is 5.78 Å². The molecule has 0 fully saturated rings. The van der Waals surface area contributed by atoms with Crippen molar-refractivity contribution in [3.05, 3.63) is 12.2 Å². The number of hydrogen-bond donors (Lipinski definition) is 0. The summed E-state index contributed by atoms with van der Waals surface area (Å²) in [6.45, 7) is 3.95. The molecule has 0 spiro atoms. The van der Waals surface area contributed by atoms with E-state index in [1.165, 1.54) is 64.2 Å². The largest absolute Gasteiger partial charge is 0.300 e. The third-order valence-corrected chi connectivity index (χ3v) is 3.79. The quantitative estimate of drug-likeness (QED) is 0.243. The van der Waals surface area contributed by atoms with Gasteiger partial charge in [0, 0.05) is 6.42 Å². The highest BCUT2D eigenvalue weighted by atomic mass is 16.1. The van der Waals surface area contributed by atoms with Gasteiger partial charge in [-0.05, 0) is 39.0 Å². The van der Waals surface area contributed by atoms with E-state index in [1.54, 1.807) is 6.92 Å². The van der Waals surface area contributed by atoms with Gasteiger partial charge in [0.2, 0.25) is 0 Å². The smallest absolute Gasteiger partial charge is 0.129 e. The Kier molecular flexibility index (Phi) is 16.0. The van der Waals surface area contributed by atoms with Gasteiger partial charge in [-0.25, -0.2) is 0 Å². The first kappa shape index (κ1) is 19.4. The molecule has 0 rings (SSSR count). The molecule has 0 aliphatic rings. The monoisotopic (exact) mass is 280 g/mol. The zero-order valence-corrected chi connectivity index (χ0v) is 14.0. The summed E-state index contributed by atoms with van der Waals surface area (Å²) >= 11 is 0. The second-order valence-electron chi connectivity index (χ2n) is 6.04. The fraction of sp³-hybridized carbons (Fsp3) is 0.842. The van der Waals surface area contributed by atoms with Gasteiger partial charge in [-0.3, -0.25) is 0 Å². The van der Waals surface area contributed by atoms with Crippen LogP contribution in [-0.2, 0) is 4.79 Å². The van der Waals surface area contributed by atoms with Crippen molar-refractivity contribution in [3.8, 4) is 0 Å². The Hall–Kier alpha value is -0.590. The molecular formula is C19H36O. The highest BCUT2D eigenvalue weighted by Gasteiger charge is 1.92. The lowest BCUT2D eigenvalue weighted by atomic mass is 10.1. The van der Waals surface area contributed by atoms with Crippen LogP contribution in [0.4, 0.5) is 0 Å². The molecule has 20 heavy (non-hydrogen) atoms. The van der Waals surface area contributed by atoms with Gasteiger partial charge in [-0.15, -0.1) is 0 Å². The van der Waals surface area contributed by atoms with Gasteiger partial charge in [-0.1, -0.05) is 70.4 Å². The topological polar surface area (TPSA) is 17.1 Å². The molecule has 0 radical (unpaired) electrons. The average molecular weight is 280 g/mol. The van der Waals surface area contributed by atoms with E-state index in [2.05, 4.69) is 19.1 Å². The Morgan fingerprint density at radius 2 is 1.15 bits per heavy atom. The Labute approximate surface area is 127 Å². The van der Waals surface area contributed by atoms with Gasteiger partial charge in [0.15, 0.2) is 0 Å². The summed E-state index contributed by atoms with van der Waals surface area (Å²) in [4.78, 5) is 10.8. The number of unbranched alkanes of at least 4 members (excludes halogenated alkanes) is 11. The summed E-state index contributed by atoms with van der Waals surface area (Å²) in [5, 5.41) is 0. The second-order valence-corrected chi connectivity index (χ2v) is 6.04. The van der Waals surface area contributed by atoms with E-state index in [0.29, 0.717) is 5.78 Å². The van der Waals surface area contributed by atoms with Crippen LogP contribution in [0.2, 0.25) is 0 Å². The van der Waals surface area contributed by atoms with Crippen LogP contribution in [0.25, 0.3) is 0 Å². The maximum Gasteiger partial charge on any atom is 0.129 e. The van der Waals surface area contributed by atoms with Crippen LogP contribution in [0.15, 0.2) is 12.2 Å². The Morgan fingerprint density at radius 1 is 0.700 bits per heavy atom. The molecule has 0 N–H and O–H groups in total. The Balaban J connectivity index is 3.06. The number of hydrogen-bond acceptors (Lipinski definition) is 1. The van der Waals surface area contributed by atoms with Gasteiger partial charge < -0.3 is 4.79 Å². The van der Waals surface area contributed by atoms with Crippen molar-refractivity contribution in [2.45, 2.75) is 104 Å². The molecule has 1 nitrogen and oxygen atoms in total. The molecule has 0 aromatic heterocycles. The molecule has 0 atom stereocenters. The van der Waals surface area contributed by atoms with Crippen molar-refractivity contribution in [1.82, 2.24) is 0 Å². The Morgan fingerprint density at radius 3 is 1.65 bits per heavy atom. The summed E-state index contributed by atoms with van der Waals surface area (Å²) in [6, 6.07) is 0. The molecule has 0 aliphatic heterocycles. The minimum Gasteiger partial charge on any atom is -0.300 e. The van der Waals surface area contributed by atoms with E-state index in [9.17, 15) is 4.79 Å². The molecule has 0 aromatic rings. The van der Waals surface area contributed by atoms with E-state index in [-0.39, 0.29) is 0 Å². The van der Waals surface area contributed by atoms with Crippen molar-refractivity contribution in [2.75, 3.05) is 0 Å². The maximum atomic E-state index is 10.8. The van der Waals surface area contributed by atoms with Gasteiger partial charge in [0.25, 0.3) is 0 Å². The van der Waals surface area contributed by atoms with Crippen LogP contribution in [0, 0.1) is 0 Å². The lowest BCUT2D eigenvalue weighted by Crippen LogP contribution is -1.88. The second kappa shape index (κ2) is 16.5. The van der Waals surface area contributed by atoms with Gasteiger partial charge in [0.05, 0.1) is 0 Å². The summed E-state index contributed by atoms with van der Waals surface area (Å²) < 4.78 is 0. The molecule has 0 amide bonds. The maximum absolute atomic E-state index is 10.8. The Bertz CT molecular complexity index is 230. The first-order valence-corrected chi connectivity index (χ1v) is 8.91. The molecular weight excluding hydrogens is 244 g/mol. The highest BCUT2D eigenvalue weighted by molar-refractivity contribution is 5.75. The number of allylic oxidation sites excluding steroid dienone is 2. The van der Waals surface area contributed by atoms with Crippen LogP contribution in [0.5, 0.6) is 0 Å².